The SMILES string of the molecule is CCc1nn(C)c(COc2ccc([C@@H](C)O)cc2)c1Br. The van der Waals surface area contributed by atoms with Gasteiger partial charge in [0.15, 0.2) is 0 Å². The van der Waals surface area contributed by atoms with E-state index in [1.807, 2.05) is 36.0 Å². The van der Waals surface area contributed by atoms with Crippen molar-refractivity contribution in [3.8, 4) is 5.75 Å². The molecule has 0 bridgehead atoms. The van der Waals surface area contributed by atoms with Crippen LogP contribution in [0.15, 0.2) is 28.7 Å². The zero-order valence-electron chi connectivity index (χ0n) is 11.9. The molecular formula is C15H19BrN2O2. The number of ether oxygens (including phenoxy) is 1. The summed E-state index contributed by atoms with van der Waals surface area (Å²) >= 11 is 3.57. The van der Waals surface area contributed by atoms with Crippen molar-refractivity contribution in [1.82, 2.24) is 9.78 Å². The van der Waals surface area contributed by atoms with Crippen molar-refractivity contribution in [1.29, 1.82) is 0 Å². The highest BCUT2D eigenvalue weighted by atomic mass is 79.9. The number of aliphatic hydroxyl groups is 1. The molecule has 0 spiro atoms. The van der Waals surface area contributed by atoms with Gasteiger partial charge in [0.1, 0.15) is 12.4 Å². The third kappa shape index (κ3) is 3.22. The topological polar surface area (TPSA) is 47.3 Å². The lowest BCUT2D eigenvalue weighted by atomic mass is 10.1. The van der Waals surface area contributed by atoms with Crippen molar-refractivity contribution < 1.29 is 9.84 Å². The van der Waals surface area contributed by atoms with Gasteiger partial charge in [0.2, 0.25) is 0 Å². The van der Waals surface area contributed by atoms with Crippen LogP contribution >= 0.6 is 15.9 Å². The van der Waals surface area contributed by atoms with Crippen molar-refractivity contribution in [2.45, 2.75) is 33.0 Å². The largest absolute Gasteiger partial charge is 0.487 e. The van der Waals surface area contributed by atoms with Gasteiger partial charge in [0, 0.05) is 7.05 Å². The third-order valence-corrected chi connectivity index (χ3v) is 4.16. The lowest BCUT2D eigenvalue weighted by Gasteiger charge is -2.09. The van der Waals surface area contributed by atoms with Gasteiger partial charge in [-0.25, -0.2) is 0 Å². The molecule has 5 heteroatoms. The van der Waals surface area contributed by atoms with Crippen molar-refractivity contribution in [3.05, 3.63) is 45.7 Å². The van der Waals surface area contributed by atoms with Gasteiger partial charge in [-0.15, -0.1) is 0 Å². The molecule has 0 aliphatic carbocycles. The Balaban J connectivity index is 2.07. The molecule has 0 radical (unpaired) electrons. The fourth-order valence-electron chi connectivity index (χ4n) is 1.97. The summed E-state index contributed by atoms with van der Waals surface area (Å²) in [6, 6.07) is 7.48. The standard InChI is InChI=1S/C15H19BrN2O2/c1-4-13-15(16)14(18(3)17-13)9-20-12-7-5-11(6-8-12)10(2)19/h5-8,10,19H,4,9H2,1-3H3/t10-/m1/s1. The highest BCUT2D eigenvalue weighted by Crippen LogP contribution is 2.24. The Morgan fingerprint density at radius 1 is 1.35 bits per heavy atom. The average Bonchev–Trinajstić information content (AvgIpc) is 2.71. The number of rotatable bonds is 5. The van der Waals surface area contributed by atoms with Crippen molar-refractivity contribution in [2.75, 3.05) is 0 Å². The molecule has 0 amide bonds. The summed E-state index contributed by atoms with van der Waals surface area (Å²) in [6.45, 7) is 4.28. The summed E-state index contributed by atoms with van der Waals surface area (Å²) < 4.78 is 8.63. The quantitative estimate of drug-likeness (QED) is 0.908. The van der Waals surface area contributed by atoms with E-state index in [9.17, 15) is 5.11 Å². The van der Waals surface area contributed by atoms with Crippen LogP contribution < -0.4 is 4.74 Å². The van der Waals surface area contributed by atoms with Gasteiger partial charge in [-0.2, -0.15) is 5.10 Å². The first kappa shape index (κ1) is 15.1. The molecule has 108 valence electrons. The Morgan fingerprint density at radius 3 is 2.50 bits per heavy atom. The molecule has 1 N–H and O–H groups in total. The molecule has 0 unspecified atom stereocenters. The highest BCUT2D eigenvalue weighted by Gasteiger charge is 2.13. The van der Waals surface area contributed by atoms with E-state index in [0.29, 0.717) is 6.61 Å². The van der Waals surface area contributed by atoms with E-state index >= 15 is 0 Å². The fraction of sp³-hybridized carbons (Fsp3) is 0.400. The van der Waals surface area contributed by atoms with Gasteiger partial charge < -0.3 is 9.84 Å². The minimum atomic E-state index is -0.456. The van der Waals surface area contributed by atoms with Crippen molar-refractivity contribution in [3.63, 3.8) is 0 Å². The number of hydrogen-bond donors (Lipinski definition) is 1. The molecule has 0 saturated heterocycles. The molecule has 1 atom stereocenters. The van der Waals surface area contributed by atoms with E-state index in [-0.39, 0.29) is 0 Å². The second-order valence-corrected chi connectivity index (χ2v) is 5.51. The Labute approximate surface area is 127 Å². The van der Waals surface area contributed by atoms with Crippen LogP contribution in [0.2, 0.25) is 0 Å². The van der Waals surface area contributed by atoms with Gasteiger partial charge in [-0.3, -0.25) is 4.68 Å². The second kappa shape index (κ2) is 6.41. The maximum absolute atomic E-state index is 9.47. The molecule has 1 aromatic carbocycles. The molecule has 0 aliphatic rings. The van der Waals surface area contributed by atoms with Crippen LogP contribution in [-0.4, -0.2) is 14.9 Å². The van der Waals surface area contributed by atoms with Crippen LogP contribution in [0.4, 0.5) is 0 Å². The molecule has 1 heterocycles. The second-order valence-electron chi connectivity index (χ2n) is 4.72. The first-order chi connectivity index (χ1) is 9.52. The third-order valence-electron chi connectivity index (χ3n) is 3.24. The molecule has 1 aromatic heterocycles. The Hall–Kier alpha value is -1.33. The van der Waals surface area contributed by atoms with Crippen LogP contribution in [0.1, 0.15) is 36.9 Å². The number of benzene rings is 1. The van der Waals surface area contributed by atoms with Crippen LogP contribution in [0, 0.1) is 0 Å². The summed E-state index contributed by atoms with van der Waals surface area (Å²) in [5, 5.41) is 13.9. The summed E-state index contributed by atoms with van der Waals surface area (Å²) in [5.41, 5.74) is 2.93. The van der Waals surface area contributed by atoms with Gasteiger partial charge in [-0.1, -0.05) is 19.1 Å². The number of aryl methyl sites for hydroxylation is 2. The molecule has 20 heavy (non-hydrogen) atoms. The van der Waals surface area contributed by atoms with Crippen LogP contribution in [0.5, 0.6) is 5.75 Å². The lowest BCUT2D eigenvalue weighted by Crippen LogP contribution is -2.03. The summed E-state index contributed by atoms with van der Waals surface area (Å²) in [6.07, 6.45) is 0.430. The Kier molecular flexibility index (Phi) is 4.83. The maximum Gasteiger partial charge on any atom is 0.131 e. The predicted molar refractivity (Wildman–Crippen MR) is 81.7 cm³/mol. The lowest BCUT2D eigenvalue weighted by molar-refractivity contribution is 0.199. The minimum Gasteiger partial charge on any atom is -0.487 e. The van der Waals surface area contributed by atoms with Crippen LogP contribution in [-0.2, 0) is 20.1 Å². The summed E-state index contributed by atoms with van der Waals surface area (Å²) in [7, 11) is 1.92. The normalized spacial score (nSPS) is 12.4. The summed E-state index contributed by atoms with van der Waals surface area (Å²) in [5.74, 6) is 0.778. The van der Waals surface area contributed by atoms with Crippen LogP contribution in [0.3, 0.4) is 0 Å². The van der Waals surface area contributed by atoms with Crippen molar-refractivity contribution in [2.24, 2.45) is 7.05 Å². The molecule has 4 nitrogen and oxygen atoms in total. The van der Waals surface area contributed by atoms with E-state index in [0.717, 1.165) is 33.6 Å². The predicted octanol–water partition coefficient (Wildman–Crippen LogP) is 3.38. The smallest absolute Gasteiger partial charge is 0.131 e. The Bertz CT molecular complexity index is 576. The zero-order chi connectivity index (χ0) is 14.7. The molecule has 0 fully saturated rings. The maximum atomic E-state index is 9.47. The minimum absolute atomic E-state index is 0.456. The van der Waals surface area contributed by atoms with E-state index in [4.69, 9.17) is 4.74 Å². The van der Waals surface area contributed by atoms with Gasteiger partial charge in [0.25, 0.3) is 0 Å². The summed E-state index contributed by atoms with van der Waals surface area (Å²) in [4.78, 5) is 0. The number of hydrogen-bond acceptors (Lipinski definition) is 3. The van der Waals surface area contributed by atoms with Gasteiger partial charge >= 0.3 is 0 Å². The fourth-order valence-corrected chi connectivity index (χ4v) is 2.70. The van der Waals surface area contributed by atoms with E-state index in [2.05, 4.69) is 28.0 Å². The monoisotopic (exact) mass is 338 g/mol. The van der Waals surface area contributed by atoms with Crippen LogP contribution in [0.25, 0.3) is 0 Å². The average molecular weight is 339 g/mol. The number of aliphatic hydroxyl groups excluding tert-OH is 1. The zero-order valence-corrected chi connectivity index (χ0v) is 13.5. The molecule has 2 rings (SSSR count). The first-order valence-electron chi connectivity index (χ1n) is 6.64. The number of halogens is 1. The number of nitrogens with zero attached hydrogens (tertiary/aromatic N) is 2. The van der Waals surface area contributed by atoms with E-state index in [1.165, 1.54) is 0 Å². The van der Waals surface area contributed by atoms with Gasteiger partial charge in [-0.05, 0) is 47.0 Å². The van der Waals surface area contributed by atoms with E-state index < -0.39 is 6.10 Å². The van der Waals surface area contributed by atoms with E-state index in [1.54, 1.807) is 6.92 Å². The molecule has 0 saturated carbocycles. The van der Waals surface area contributed by atoms with Crippen molar-refractivity contribution >= 4 is 15.9 Å². The molecular weight excluding hydrogens is 320 g/mol. The highest BCUT2D eigenvalue weighted by molar-refractivity contribution is 9.10. The first-order valence-corrected chi connectivity index (χ1v) is 7.43. The Morgan fingerprint density at radius 2 is 2.00 bits per heavy atom. The van der Waals surface area contributed by atoms with Gasteiger partial charge in [0.05, 0.1) is 22.0 Å². The molecule has 0 aliphatic heterocycles. The molecule has 2 aromatic rings. The number of aromatic nitrogens is 2.